The number of rotatable bonds is 4. The predicted molar refractivity (Wildman–Crippen MR) is 120 cm³/mol. The first kappa shape index (κ1) is 18.8. The van der Waals surface area contributed by atoms with Crippen molar-refractivity contribution < 1.29 is 4.79 Å². The molecule has 7 heteroatoms. The average molecular weight is 408 g/mol. The number of benzene rings is 2. The van der Waals surface area contributed by atoms with Crippen molar-refractivity contribution in [1.82, 2.24) is 15.0 Å². The third-order valence-corrected chi connectivity index (χ3v) is 5.58. The molecule has 152 valence electrons. The van der Waals surface area contributed by atoms with Crippen molar-refractivity contribution in [3.05, 3.63) is 71.0 Å². The summed E-state index contributed by atoms with van der Waals surface area (Å²) in [5.41, 5.74) is 7.18. The van der Waals surface area contributed by atoms with Gasteiger partial charge in [-0.2, -0.15) is 5.26 Å². The van der Waals surface area contributed by atoms with E-state index in [1.54, 1.807) is 6.20 Å². The zero-order chi connectivity index (χ0) is 21.4. The minimum Gasteiger partial charge on any atom is -0.358 e. The van der Waals surface area contributed by atoms with Gasteiger partial charge in [0.25, 0.3) is 0 Å². The molecule has 31 heavy (non-hydrogen) atoms. The minimum atomic E-state index is -0.0675. The predicted octanol–water partition coefficient (Wildman–Crippen LogP) is 3.95. The van der Waals surface area contributed by atoms with Crippen LogP contribution in [0.3, 0.4) is 0 Å². The van der Waals surface area contributed by atoms with Gasteiger partial charge in [0.05, 0.1) is 29.4 Å². The van der Waals surface area contributed by atoms with Crippen LogP contribution < -0.4 is 10.6 Å². The molecule has 7 nitrogen and oxygen atoms in total. The Morgan fingerprint density at radius 2 is 2.10 bits per heavy atom. The SMILES string of the molecule is Cc1[nH]c2ccc(C#N)cc2c1CCNc1ncc2c(n1)-c1ccccc1NC(=O)C2. The summed E-state index contributed by atoms with van der Waals surface area (Å²) in [6, 6.07) is 15.6. The van der Waals surface area contributed by atoms with Gasteiger partial charge in [-0.05, 0) is 43.2 Å². The summed E-state index contributed by atoms with van der Waals surface area (Å²) in [6.07, 6.45) is 2.74. The normalized spacial score (nSPS) is 12.5. The van der Waals surface area contributed by atoms with E-state index in [9.17, 15) is 10.1 Å². The fraction of sp³-hybridized carbons (Fsp3) is 0.167. The molecule has 0 unspecified atom stereocenters. The van der Waals surface area contributed by atoms with E-state index in [-0.39, 0.29) is 12.3 Å². The topological polar surface area (TPSA) is 106 Å². The van der Waals surface area contributed by atoms with E-state index in [4.69, 9.17) is 4.98 Å². The van der Waals surface area contributed by atoms with Gasteiger partial charge >= 0.3 is 0 Å². The zero-order valence-corrected chi connectivity index (χ0v) is 17.0. The van der Waals surface area contributed by atoms with Gasteiger partial charge in [0.2, 0.25) is 11.9 Å². The Morgan fingerprint density at radius 1 is 1.23 bits per heavy atom. The standard InChI is InChI=1S/C24H20N6O/c1-14-17(19-10-15(12-25)6-7-21(19)28-14)8-9-26-24-27-13-16-11-22(31)29-20-5-3-2-4-18(20)23(16)30-24/h2-7,10,13,28H,8-9,11H2,1H3,(H,29,31)(H,26,27,30). The average Bonchev–Trinajstić information content (AvgIpc) is 3.00. The summed E-state index contributed by atoms with van der Waals surface area (Å²) >= 11 is 0. The molecule has 2 aromatic carbocycles. The van der Waals surface area contributed by atoms with Gasteiger partial charge in [-0.3, -0.25) is 4.79 Å². The smallest absolute Gasteiger partial charge is 0.228 e. The molecular weight excluding hydrogens is 388 g/mol. The molecule has 3 heterocycles. The third kappa shape index (κ3) is 3.49. The molecule has 4 aromatic rings. The highest BCUT2D eigenvalue weighted by atomic mass is 16.1. The van der Waals surface area contributed by atoms with E-state index < -0.39 is 0 Å². The molecule has 0 aliphatic carbocycles. The highest BCUT2D eigenvalue weighted by Crippen LogP contribution is 2.32. The maximum absolute atomic E-state index is 12.2. The quantitative estimate of drug-likeness (QED) is 0.474. The monoisotopic (exact) mass is 408 g/mol. The van der Waals surface area contributed by atoms with Crippen LogP contribution in [-0.4, -0.2) is 27.4 Å². The van der Waals surface area contributed by atoms with Crippen molar-refractivity contribution in [2.24, 2.45) is 0 Å². The van der Waals surface area contributed by atoms with Crippen LogP contribution in [0.5, 0.6) is 0 Å². The largest absolute Gasteiger partial charge is 0.358 e. The summed E-state index contributed by atoms with van der Waals surface area (Å²) in [7, 11) is 0. The molecule has 0 saturated carbocycles. The number of para-hydroxylation sites is 1. The lowest BCUT2D eigenvalue weighted by Gasteiger charge is -2.10. The third-order valence-electron chi connectivity index (χ3n) is 5.58. The van der Waals surface area contributed by atoms with Crippen molar-refractivity contribution in [3.63, 3.8) is 0 Å². The molecular formula is C24H20N6O. The molecule has 5 rings (SSSR count). The lowest BCUT2D eigenvalue weighted by atomic mass is 10.1. The highest BCUT2D eigenvalue weighted by molar-refractivity contribution is 5.99. The second-order valence-electron chi connectivity index (χ2n) is 7.62. The van der Waals surface area contributed by atoms with Crippen LogP contribution in [-0.2, 0) is 17.6 Å². The first-order chi connectivity index (χ1) is 15.1. The van der Waals surface area contributed by atoms with Crippen LogP contribution in [0.1, 0.15) is 22.4 Å². The number of hydrogen-bond donors (Lipinski definition) is 3. The van der Waals surface area contributed by atoms with Crippen molar-refractivity contribution in [2.45, 2.75) is 19.8 Å². The number of hydrogen-bond acceptors (Lipinski definition) is 5. The first-order valence-corrected chi connectivity index (χ1v) is 10.1. The van der Waals surface area contributed by atoms with Gasteiger partial charge in [0.1, 0.15) is 0 Å². The van der Waals surface area contributed by atoms with E-state index in [0.29, 0.717) is 18.1 Å². The van der Waals surface area contributed by atoms with Gasteiger partial charge in [-0.1, -0.05) is 18.2 Å². The molecule has 1 amide bonds. The maximum Gasteiger partial charge on any atom is 0.228 e. The van der Waals surface area contributed by atoms with E-state index in [2.05, 4.69) is 26.7 Å². The summed E-state index contributed by atoms with van der Waals surface area (Å²) in [5.74, 6) is 0.458. The van der Waals surface area contributed by atoms with Crippen LogP contribution in [0.4, 0.5) is 11.6 Å². The lowest BCUT2D eigenvalue weighted by Crippen LogP contribution is -2.13. The molecule has 1 aliphatic heterocycles. The highest BCUT2D eigenvalue weighted by Gasteiger charge is 2.20. The number of aromatic amines is 1. The van der Waals surface area contributed by atoms with Crippen LogP contribution >= 0.6 is 0 Å². The number of anilines is 2. The number of nitriles is 1. The number of amides is 1. The van der Waals surface area contributed by atoms with Gasteiger partial charge in [-0.15, -0.1) is 0 Å². The maximum atomic E-state index is 12.2. The number of aryl methyl sites for hydroxylation is 1. The van der Waals surface area contributed by atoms with E-state index in [0.717, 1.165) is 45.5 Å². The molecule has 0 fully saturated rings. The minimum absolute atomic E-state index is 0.0675. The Morgan fingerprint density at radius 3 is 2.97 bits per heavy atom. The van der Waals surface area contributed by atoms with E-state index >= 15 is 0 Å². The number of H-pyrrole nitrogens is 1. The number of carbonyl (C=O) groups excluding carboxylic acids is 1. The van der Waals surface area contributed by atoms with Crippen LogP contribution in [0, 0.1) is 18.3 Å². The number of aromatic nitrogens is 3. The van der Waals surface area contributed by atoms with Gasteiger partial charge in [0, 0.05) is 40.5 Å². The van der Waals surface area contributed by atoms with Crippen LogP contribution in [0.2, 0.25) is 0 Å². The molecule has 2 aromatic heterocycles. The molecule has 0 spiro atoms. The van der Waals surface area contributed by atoms with Gasteiger partial charge < -0.3 is 15.6 Å². The fourth-order valence-corrected chi connectivity index (χ4v) is 4.09. The van der Waals surface area contributed by atoms with Gasteiger partial charge in [-0.25, -0.2) is 9.97 Å². The molecule has 3 N–H and O–H groups in total. The van der Waals surface area contributed by atoms with Crippen molar-refractivity contribution >= 4 is 28.4 Å². The molecule has 0 atom stereocenters. The van der Waals surface area contributed by atoms with Crippen LogP contribution in [0.15, 0.2) is 48.7 Å². The Balaban J connectivity index is 1.39. The number of nitrogens with zero attached hydrogens (tertiary/aromatic N) is 3. The summed E-state index contributed by atoms with van der Waals surface area (Å²) in [4.78, 5) is 24.7. The summed E-state index contributed by atoms with van der Waals surface area (Å²) in [6.45, 7) is 2.68. The Bertz CT molecular complexity index is 1360. The second-order valence-corrected chi connectivity index (χ2v) is 7.62. The number of carbonyl (C=O) groups is 1. The van der Waals surface area contributed by atoms with Gasteiger partial charge in [0.15, 0.2) is 0 Å². The molecule has 0 radical (unpaired) electrons. The second kappa shape index (κ2) is 7.58. The van der Waals surface area contributed by atoms with E-state index in [1.807, 2.05) is 49.4 Å². The summed E-state index contributed by atoms with van der Waals surface area (Å²) < 4.78 is 0. The zero-order valence-electron chi connectivity index (χ0n) is 17.0. The fourth-order valence-electron chi connectivity index (χ4n) is 4.09. The number of nitrogens with one attached hydrogen (secondary N) is 3. The summed E-state index contributed by atoms with van der Waals surface area (Å²) in [5, 5.41) is 16.5. The Labute approximate surface area is 179 Å². The molecule has 0 saturated heterocycles. The van der Waals surface area contributed by atoms with E-state index in [1.165, 1.54) is 5.56 Å². The molecule has 0 bridgehead atoms. The number of fused-ring (bicyclic) bond motifs is 4. The van der Waals surface area contributed by atoms with Crippen molar-refractivity contribution in [3.8, 4) is 17.3 Å². The Kier molecular flexibility index (Phi) is 4.60. The van der Waals surface area contributed by atoms with Crippen molar-refractivity contribution in [1.29, 1.82) is 5.26 Å². The first-order valence-electron chi connectivity index (χ1n) is 10.1. The molecule has 1 aliphatic rings. The van der Waals surface area contributed by atoms with Crippen molar-refractivity contribution in [2.75, 3.05) is 17.2 Å². The van der Waals surface area contributed by atoms with Crippen LogP contribution in [0.25, 0.3) is 22.2 Å². The Hall–Kier alpha value is -4.18. The lowest BCUT2D eigenvalue weighted by molar-refractivity contribution is -0.115.